The summed E-state index contributed by atoms with van der Waals surface area (Å²) in [5.74, 6) is -0.297. The van der Waals surface area contributed by atoms with Crippen LogP contribution in [-0.2, 0) is 11.2 Å². The van der Waals surface area contributed by atoms with Gasteiger partial charge in [0.25, 0.3) is 0 Å². The third-order valence-electron chi connectivity index (χ3n) is 3.00. The number of aromatic nitrogens is 1. The first-order valence-electron chi connectivity index (χ1n) is 6.47. The largest absolute Gasteiger partial charge is 0.488 e. The lowest BCUT2D eigenvalue weighted by molar-refractivity contribution is -0.117. The van der Waals surface area contributed by atoms with Gasteiger partial charge in [-0.25, -0.2) is 0 Å². The van der Waals surface area contributed by atoms with Gasteiger partial charge < -0.3 is 21.1 Å². The van der Waals surface area contributed by atoms with E-state index in [4.69, 9.17) is 15.8 Å². The zero-order chi connectivity index (χ0) is 15.2. The van der Waals surface area contributed by atoms with Gasteiger partial charge in [-0.15, -0.1) is 0 Å². The van der Waals surface area contributed by atoms with E-state index in [2.05, 4.69) is 10.3 Å². The zero-order valence-electron chi connectivity index (χ0n) is 11.3. The minimum Gasteiger partial charge on any atom is -0.423 e. The number of anilines is 1. The van der Waals surface area contributed by atoms with Crippen LogP contribution in [0.5, 0.6) is 0 Å². The van der Waals surface area contributed by atoms with E-state index in [9.17, 15) is 4.79 Å². The number of rotatable bonds is 5. The van der Waals surface area contributed by atoms with Crippen molar-refractivity contribution in [3.8, 4) is 0 Å². The van der Waals surface area contributed by atoms with Gasteiger partial charge in [0.15, 0.2) is 0 Å². The second-order valence-electron chi connectivity index (χ2n) is 4.66. The Bertz CT molecular complexity index is 590. The fraction of sp³-hybridized carbons (Fsp3) is 0.143. The molecule has 7 heteroatoms. The Morgan fingerprint density at radius 2 is 2.00 bits per heavy atom. The summed E-state index contributed by atoms with van der Waals surface area (Å²) in [4.78, 5) is 15.9. The van der Waals surface area contributed by atoms with Crippen LogP contribution >= 0.6 is 0 Å². The summed E-state index contributed by atoms with van der Waals surface area (Å²) in [6, 6.07) is 9.36. The minimum atomic E-state index is -1.50. The highest BCUT2D eigenvalue weighted by molar-refractivity contribution is 6.58. The molecule has 0 aliphatic carbocycles. The van der Waals surface area contributed by atoms with E-state index in [1.165, 1.54) is 0 Å². The van der Waals surface area contributed by atoms with Crippen LogP contribution < -0.4 is 16.5 Å². The van der Waals surface area contributed by atoms with Gasteiger partial charge in [-0.3, -0.25) is 9.78 Å². The van der Waals surface area contributed by atoms with Crippen LogP contribution in [0.2, 0.25) is 0 Å². The van der Waals surface area contributed by atoms with Crippen molar-refractivity contribution in [3.05, 3.63) is 54.4 Å². The Balaban J connectivity index is 1.94. The molecule has 5 N–H and O–H groups in total. The minimum absolute atomic E-state index is 0.297. The van der Waals surface area contributed by atoms with E-state index in [0.717, 1.165) is 5.56 Å². The average Bonchev–Trinajstić information content (AvgIpc) is 2.48. The molecule has 1 aromatic carbocycles. The van der Waals surface area contributed by atoms with Crippen molar-refractivity contribution < 1.29 is 14.8 Å². The fourth-order valence-corrected chi connectivity index (χ4v) is 1.84. The van der Waals surface area contributed by atoms with Crippen molar-refractivity contribution in [1.29, 1.82) is 0 Å². The van der Waals surface area contributed by atoms with E-state index < -0.39 is 13.2 Å². The van der Waals surface area contributed by atoms with Crippen LogP contribution in [0.15, 0.2) is 48.8 Å². The molecule has 1 heterocycles. The van der Waals surface area contributed by atoms with Crippen LogP contribution in [0.3, 0.4) is 0 Å². The molecule has 0 saturated carbocycles. The van der Waals surface area contributed by atoms with Crippen LogP contribution in [0.4, 0.5) is 5.69 Å². The number of carbonyl (C=O) groups is 1. The number of nitrogens with zero attached hydrogens (tertiary/aromatic N) is 1. The second-order valence-corrected chi connectivity index (χ2v) is 4.66. The molecule has 108 valence electrons. The average molecular weight is 285 g/mol. The van der Waals surface area contributed by atoms with Gasteiger partial charge in [0.1, 0.15) is 0 Å². The topological polar surface area (TPSA) is 108 Å². The maximum absolute atomic E-state index is 11.9. The SMILES string of the molecule is N[C@@H](Cc1ccc(B(O)O)cc1)C(=O)Nc1cccnc1. The highest BCUT2D eigenvalue weighted by Gasteiger charge is 2.15. The Morgan fingerprint density at radius 1 is 1.29 bits per heavy atom. The van der Waals surface area contributed by atoms with Gasteiger partial charge in [-0.2, -0.15) is 0 Å². The summed E-state index contributed by atoms with van der Waals surface area (Å²) < 4.78 is 0. The normalized spacial score (nSPS) is 11.8. The summed E-state index contributed by atoms with van der Waals surface area (Å²) in [7, 11) is -1.50. The maximum Gasteiger partial charge on any atom is 0.488 e. The number of carbonyl (C=O) groups excluding carboxylic acids is 1. The molecule has 0 aliphatic heterocycles. The molecule has 1 aromatic heterocycles. The third-order valence-corrected chi connectivity index (χ3v) is 3.00. The highest BCUT2D eigenvalue weighted by Crippen LogP contribution is 2.06. The van der Waals surface area contributed by atoms with Gasteiger partial charge in [-0.05, 0) is 29.6 Å². The third kappa shape index (κ3) is 4.39. The lowest BCUT2D eigenvalue weighted by atomic mass is 9.80. The summed E-state index contributed by atoms with van der Waals surface area (Å²) in [6.07, 6.45) is 3.52. The summed E-state index contributed by atoms with van der Waals surface area (Å²) in [5, 5.41) is 20.7. The molecule has 0 bridgehead atoms. The van der Waals surface area contributed by atoms with Gasteiger partial charge >= 0.3 is 7.12 Å². The first kappa shape index (κ1) is 15.2. The molecular formula is C14H16BN3O3. The molecule has 0 fully saturated rings. The first-order valence-corrected chi connectivity index (χ1v) is 6.47. The monoisotopic (exact) mass is 285 g/mol. The van der Waals surface area contributed by atoms with Crippen LogP contribution in [0, 0.1) is 0 Å². The van der Waals surface area contributed by atoms with E-state index in [-0.39, 0.29) is 5.91 Å². The highest BCUT2D eigenvalue weighted by atomic mass is 16.4. The van der Waals surface area contributed by atoms with E-state index >= 15 is 0 Å². The predicted molar refractivity (Wildman–Crippen MR) is 80.8 cm³/mol. The first-order chi connectivity index (χ1) is 10.1. The maximum atomic E-state index is 11.9. The number of hydrogen-bond donors (Lipinski definition) is 4. The Morgan fingerprint density at radius 3 is 2.57 bits per heavy atom. The molecule has 0 spiro atoms. The van der Waals surface area contributed by atoms with Crippen molar-refractivity contribution in [1.82, 2.24) is 4.98 Å². The molecule has 1 amide bonds. The molecule has 2 aromatic rings. The van der Waals surface area contributed by atoms with E-state index in [0.29, 0.717) is 17.6 Å². The number of nitrogens with one attached hydrogen (secondary N) is 1. The fourth-order valence-electron chi connectivity index (χ4n) is 1.84. The van der Waals surface area contributed by atoms with E-state index in [1.54, 1.807) is 48.8 Å². The number of hydrogen-bond acceptors (Lipinski definition) is 5. The Hall–Kier alpha value is -2.22. The zero-order valence-corrected chi connectivity index (χ0v) is 11.3. The molecule has 0 saturated heterocycles. The van der Waals surface area contributed by atoms with Gasteiger partial charge in [-0.1, -0.05) is 24.3 Å². The van der Waals surface area contributed by atoms with Crippen molar-refractivity contribution in [3.63, 3.8) is 0 Å². The number of pyridine rings is 1. The van der Waals surface area contributed by atoms with E-state index in [1.807, 2.05) is 0 Å². The summed E-state index contributed by atoms with van der Waals surface area (Å²) >= 11 is 0. The lowest BCUT2D eigenvalue weighted by Gasteiger charge is -2.12. The smallest absolute Gasteiger partial charge is 0.423 e. The molecule has 0 unspecified atom stereocenters. The van der Waals surface area contributed by atoms with Crippen molar-refractivity contribution in [2.24, 2.45) is 5.73 Å². The van der Waals surface area contributed by atoms with Gasteiger partial charge in [0.05, 0.1) is 17.9 Å². The molecule has 2 rings (SSSR count). The number of nitrogens with two attached hydrogens (primary N) is 1. The van der Waals surface area contributed by atoms with Crippen LogP contribution in [0.25, 0.3) is 0 Å². The molecule has 21 heavy (non-hydrogen) atoms. The standard InChI is InChI=1S/C14H16BN3O3/c16-13(14(19)18-12-2-1-7-17-9-12)8-10-3-5-11(6-4-10)15(20)21/h1-7,9,13,20-21H,8,16H2,(H,18,19)/t13-/m0/s1. The molecule has 0 radical (unpaired) electrons. The molecular weight excluding hydrogens is 269 g/mol. The van der Waals surface area contributed by atoms with Crippen LogP contribution in [0.1, 0.15) is 5.56 Å². The lowest BCUT2D eigenvalue weighted by Crippen LogP contribution is -2.37. The molecule has 6 nitrogen and oxygen atoms in total. The quantitative estimate of drug-likeness (QED) is 0.542. The summed E-state index contributed by atoms with van der Waals surface area (Å²) in [6.45, 7) is 0. The second kappa shape index (κ2) is 6.98. The Kier molecular flexibility index (Phi) is 5.05. The number of benzene rings is 1. The predicted octanol–water partition coefficient (Wildman–Crippen LogP) is -0.730. The van der Waals surface area contributed by atoms with Crippen molar-refractivity contribution in [2.45, 2.75) is 12.5 Å². The Labute approximate surface area is 122 Å². The van der Waals surface area contributed by atoms with Crippen molar-refractivity contribution in [2.75, 3.05) is 5.32 Å². The summed E-state index contributed by atoms with van der Waals surface area (Å²) in [5.41, 5.74) is 7.69. The number of amides is 1. The molecule has 1 atom stereocenters. The van der Waals surface area contributed by atoms with Gasteiger partial charge in [0, 0.05) is 6.20 Å². The molecule has 0 aliphatic rings. The van der Waals surface area contributed by atoms with Crippen molar-refractivity contribution >= 4 is 24.2 Å². The van der Waals surface area contributed by atoms with Crippen LogP contribution in [-0.4, -0.2) is 34.1 Å². The van der Waals surface area contributed by atoms with Gasteiger partial charge in [0.2, 0.25) is 5.91 Å².